The number of halogens is 1. The summed E-state index contributed by atoms with van der Waals surface area (Å²) < 4.78 is 0. The maximum Gasteiger partial charge on any atom is 0.0571 e. The highest BCUT2D eigenvalue weighted by molar-refractivity contribution is 5.85. The van der Waals surface area contributed by atoms with E-state index in [0.717, 1.165) is 24.8 Å². The number of hydrogen-bond donors (Lipinski definition) is 2. The molecular weight excluding hydrogens is 162 g/mol. The van der Waals surface area contributed by atoms with Gasteiger partial charge in [0, 0.05) is 0 Å². The molecule has 2 nitrogen and oxygen atoms in total. The van der Waals surface area contributed by atoms with E-state index in [0.29, 0.717) is 5.92 Å². The van der Waals surface area contributed by atoms with Crippen LogP contribution in [-0.4, -0.2) is 17.8 Å². The van der Waals surface area contributed by atoms with Crippen LogP contribution >= 0.6 is 12.4 Å². The van der Waals surface area contributed by atoms with Crippen LogP contribution in [-0.2, 0) is 0 Å². The van der Waals surface area contributed by atoms with Gasteiger partial charge in [0.1, 0.15) is 0 Å². The molecule has 3 N–H and O–H groups in total. The van der Waals surface area contributed by atoms with Gasteiger partial charge in [0.25, 0.3) is 0 Å². The third-order valence-corrected chi connectivity index (χ3v) is 3.27. The van der Waals surface area contributed by atoms with Gasteiger partial charge < -0.3 is 10.8 Å². The third kappa shape index (κ3) is 1.40. The molecular formula is C8H16ClNO. The first kappa shape index (κ1) is 9.30. The van der Waals surface area contributed by atoms with Crippen LogP contribution in [0.1, 0.15) is 19.3 Å². The van der Waals surface area contributed by atoms with E-state index < -0.39 is 0 Å². The molecule has 11 heavy (non-hydrogen) atoms. The summed E-state index contributed by atoms with van der Waals surface area (Å²) in [6.45, 7) is 0.827. The summed E-state index contributed by atoms with van der Waals surface area (Å²) in [7, 11) is 0. The van der Waals surface area contributed by atoms with Gasteiger partial charge >= 0.3 is 0 Å². The number of hydrogen-bond acceptors (Lipinski definition) is 2. The van der Waals surface area contributed by atoms with Crippen molar-refractivity contribution in [3.63, 3.8) is 0 Å². The molecule has 0 spiro atoms. The van der Waals surface area contributed by atoms with Gasteiger partial charge in [0.2, 0.25) is 0 Å². The van der Waals surface area contributed by atoms with E-state index in [9.17, 15) is 5.11 Å². The first-order valence-electron chi connectivity index (χ1n) is 4.19. The van der Waals surface area contributed by atoms with Crippen LogP contribution < -0.4 is 5.73 Å². The second kappa shape index (κ2) is 3.30. The summed E-state index contributed by atoms with van der Waals surface area (Å²) in [4.78, 5) is 0. The van der Waals surface area contributed by atoms with E-state index in [1.165, 1.54) is 12.8 Å². The first-order chi connectivity index (χ1) is 4.81. The predicted molar refractivity (Wildman–Crippen MR) is 46.6 cm³/mol. The molecule has 66 valence electrons. The van der Waals surface area contributed by atoms with Gasteiger partial charge in [-0.3, -0.25) is 0 Å². The van der Waals surface area contributed by atoms with Gasteiger partial charge in [-0.2, -0.15) is 0 Å². The zero-order valence-electron chi connectivity index (χ0n) is 6.57. The molecule has 2 bridgehead atoms. The molecule has 2 aliphatic rings. The van der Waals surface area contributed by atoms with Gasteiger partial charge in [0.05, 0.1) is 6.10 Å². The lowest BCUT2D eigenvalue weighted by Crippen LogP contribution is -2.26. The maximum absolute atomic E-state index is 9.39. The Balaban J connectivity index is 0.000000605. The lowest BCUT2D eigenvalue weighted by atomic mass is 9.87. The maximum atomic E-state index is 9.39. The highest BCUT2D eigenvalue weighted by Crippen LogP contribution is 2.47. The van der Waals surface area contributed by atoms with E-state index in [1.54, 1.807) is 0 Å². The van der Waals surface area contributed by atoms with Crippen molar-refractivity contribution in [3.05, 3.63) is 0 Å². The Morgan fingerprint density at radius 3 is 2.27 bits per heavy atom. The molecule has 0 amide bonds. The van der Waals surface area contributed by atoms with Crippen molar-refractivity contribution in [2.75, 3.05) is 6.54 Å². The minimum absolute atomic E-state index is 0. The van der Waals surface area contributed by atoms with Gasteiger partial charge in [-0.15, -0.1) is 12.4 Å². The molecule has 3 heteroatoms. The topological polar surface area (TPSA) is 46.2 Å². The zero-order valence-corrected chi connectivity index (χ0v) is 7.39. The number of aliphatic hydroxyl groups is 1. The molecule has 0 radical (unpaired) electrons. The molecule has 0 aromatic rings. The highest BCUT2D eigenvalue weighted by atomic mass is 35.5. The Labute approximate surface area is 73.6 Å². The summed E-state index contributed by atoms with van der Waals surface area (Å²) in [6.07, 6.45) is 3.45. The average Bonchev–Trinajstić information content (AvgIpc) is 2.44. The Kier molecular flexibility index (Phi) is 2.79. The van der Waals surface area contributed by atoms with E-state index in [4.69, 9.17) is 5.73 Å². The number of nitrogens with two attached hydrogens (primary N) is 1. The molecule has 0 aromatic carbocycles. The first-order valence-corrected chi connectivity index (χ1v) is 4.19. The fraction of sp³-hybridized carbons (Fsp3) is 1.00. The average molecular weight is 178 g/mol. The quantitative estimate of drug-likeness (QED) is 0.622. The van der Waals surface area contributed by atoms with Gasteiger partial charge in [0.15, 0.2) is 0 Å². The largest absolute Gasteiger partial charge is 0.393 e. The van der Waals surface area contributed by atoms with E-state index in [-0.39, 0.29) is 18.5 Å². The van der Waals surface area contributed by atoms with Crippen molar-refractivity contribution in [2.45, 2.75) is 25.4 Å². The van der Waals surface area contributed by atoms with E-state index in [1.807, 2.05) is 0 Å². The molecule has 2 aliphatic carbocycles. The summed E-state index contributed by atoms with van der Waals surface area (Å²) in [6, 6.07) is 0. The van der Waals surface area contributed by atoms with Crippen LogP contribution in [0, 0.1) is 17.8 Å². The monoisotopic (exact) mass is 177 g/mol. The smallest absolute Gasteiger partial charge is 0.0571 e. The van der Waals surface area contributed by atoms with Crippen LogP contribution in [0.2, 0.25) is 0 Å². The molecule has 2 rings (SSSR count). The lowest BCUT2D eigenvalue weighted by Gasteiger charge is -2.23. The van der Waals surface area contributed by atoms with Crippen molar-refractivity contribution in [2.24, 2.45) is 23.5 Å². The summed E-state index contributed by atoms with van der Waals surface area (Å²) in [5, 5.41) is 9.39. The second-order valence-corrected chi connectivity index (χ2v) is 3.79. The van der Waals surface area contributed by atoms with Gasteiger partial charge in [-0.25, -0.2) is 0 Å². The second-order valence-electron chi connectivity index (χ2n) is 3.79. The minimum Gasteiger partial charge on any atom is -0.393 e. The fourth-order valence-electron chi connectivity index (χ4n) is 2.65. The zero-order chi connectivity index (χ0) is 7.14. The molecule has 0 aromatic heterocycles. The van der Waals surface area contributed by atoms with Crippen LogP contribution in [0.25, 0.3) is 0 Å². The summed E-state index contributed by atoms with van der Waals surface area (Å²) in [5.74, 6) is 2.08. The SMILES string of the molecule is Cl.NCC1CC2CC1CC2O. The van der Waals surface area contributed by atoms with Crippen molar-refractivity contribution in [3.8, 4) is 0 Å². The van der Waals surface area contributed by atoms with Crippen LogP contribution in [0.3, 0.4) is 0 Å². The van der Waals surface area contributed by atoms with E-state index >= 15 is 0 Å². The molecule has 2 saturated carbocycles. The van der Waals surface area contributed by atoms with Crippen LogP contribution in [0.5, 0.6) is 0 Å². The fourth-order valence-corrected chi connectivity index (χ4v) is 2.65. The summed E-state index contributed by atoms with van der Waals surface area (Å²) in [5.41, 5.74) is 5.58. The Bertz CT molecular complexity index is 140. The van der Waals surface area contributed by atoms with Crippen LogP contribution in [0.15, 0.2) is 0 Å². The van der Waals surface area contributed by atoms with Crippen molar-refractivity contribution < 1.29 is 5.11 Å². The number of fused-ring (bicyclic) bond motifs is 2. The molecule has 4 atom stereocenters. The van der Waals surface area contributed by atoms with Crippen molar-refractivity contribution in [1.82, 2.24) is 0 Å². The Hall–Kier alpha value is 0.210. The Morgan fingerprint density at radius 2 is 1.91 bits per heavy atom. The standard InChI is InChI=1S/C8H15NO.ClH/c9-4-7-2-6-1-5(7)3-8(6)10;/h5-8,10H,1-4,9H2;1H. The van der Waals surface area contributed by atoms with E-state index in [2.05, 4.69) is 0 Å². The third-order valence-electron chi connectivity index (χ3n) is 3.27. The van der Waals surface area contributed by atoms with Crippen molar-refractivity contribution >= 4 is 12.4 Å². The molecule has 2 fully saturated rings. The lowest BCUT2D eigenvalue weighted by molar-refractivity contribution is 0.0967. The van der Waals surface area contributed by atoms with Gasteiger partial charge in [-0.1, -0.05) is 0 Å². The van der Waals surface area contributed by atoms with Crippen LogP contribution in [0.4, 0.5) is 0 Å². The predicted octanol–water partition coefficient (Wildman–Crippen LogP) is 0.774. The summed E-state index contributed by atoms with van der Waals surface area (Å²) >= 11 is 0. The Morgan fingerprint density at radius 1 is 1.18 bits per heavy atom. The highest BCUT2D eigenvalue weighted by Gasteiger charge is 2.44. The molecule has 4 unspecified atom stereocenters. The number of rotatable bonds is 1. The van der Waals surface area contributed by atoms with Crippen molar-refractivity contribution in [1.29, 1.82) is 0 Å². The number of aliphatic hydroxyl groups excluding tert-OH is 1. The van der Waals surface area contributed by atoms with Gasteiger partial charge in [-0.05, 0) is 43.6 Å². The molecule has 0 saturated heterocycles. The normalized spacial score (nSPS) is 47.5. The molecule has 0 heterocycles. The minimum atomic E-state index is 0. The molecule has 0 aliphatic heterocycles.